The van der Waals surface area contributed by atoms with Gasteiger partial charge in [-0.25, -0.2) is 4.98 Å². The predicted octanol–water partition coefficient (Wildman–Crippen LogP) is 5.90. The van der Waals surface area contributed by atoms with Gasteiger partial charge >= 0.3 is 0 Å². The Morgan fingerprint density at radius 3 is 2.76 bits per heavy atom. The highest BCUT2D eigenvalue weighted by Crippen LogP contribution is 2.47. The SMILES string of the molecule is C=C(C)c1ccc2nc3n(c2c1)C(=O)c1ccccc1C3(C)C1C=CC(C)=CC1. The average molecular weight is 380 g/mol. The van der Waals surface area contributed by atoms with Gasteiger partial charge in [0.1, 0.15) is 5.82 Å². The molecule has 5 rings (SSSR count). The minimum Gasteiger partial charge on any atom is -0.268 e. The molecule has 3 heteroatoms. The smallest absolute Gasteiger partial charge is 0.264 e. The lowest BCUT2D eigenvalue weighted by Crippen LogP contribution is -2.42. The van der Waals surface area contributed by atoms with Crippen LogP contribution in [-0.2, 0) is 5.41 Å². The summed E-state index contributed by atoms with van der Waals surface area (Å²) >= 11 is 0. The first-order valence-electron chi connectivity index (χ1n) is 10.1. The summed E-state index contributed by atoms with van der Waals surface area (Å²) in [6, 6.07) is 14.1. The van der Waals surface area contributed by atoms with Crippen LogP contribution in [0, 0.1) is 5.92 Å². The number of rotatable bonds is 2. The van der Waals surface area contributed by atoms with E-state index >= 15 is 0 Å². The number of allylic oxidation sites excluding steroid dienone is 5. The Balaban J connectivity index is 1.83. The van der Waals surface area contributed by atoms with Crippen LogP contribution in [0.25, 0.3) is 16.6 Å². The van der Waals surface area contributed by atoms with E-state index in [1.165, 1.54) is 5.57 Å². The normalized spacial score (nSPS) is 22.9. The average Bonchev–Trinajstić information content (AvgIpc) is 3.12. The van der Waals surface area contributed by atoms with E-state index < -0.39 is 0 Å². The molecule has 2 unspecified atom stereocenters. The third-order valence-corrected chi connectivity index (χ3v) is 6.56. The summed E-state index contributed by atoms with van der Waals surface area (Å²) in [6.07, 6.45) is 7.68. The van der Waals surface area contributed by atoms with Crippen LogP contribution in [-0.4, -0.2) is 15.5 Å². The number of carbonyl (C=O) groups is 1. The molecule has 3 nitrogen and oxygen atoms in total. The topological polar surface area (TPSA) is 34.9 Å². The number of benzene rings is 2. The molecule has 144 valence electrons. The van der Waals surface area contributed by atoms with Gasteiger partial charge in [-0.3, -0.25) is 9.36 Å². The van der Waals surface area contributed by atoms with Crippen LogP contribution in [0.15, 0.2) is 72.8 Å². The molecule has 0 N–H and O–H groups in total. The van der Waals surface area contributed by atoms with Gasteiger partial charge in [-0.1, -0.05) is 60.2 Å². The van der Waals surface area contributed by atoms with Crippen LogP contribution in [0.5, 0.6) is 0 Å². The highest BCUT2D eigenvalue weighted by molar-refractivity contribution is 6.05. The molecule has 1 aromatic heterocycles. The van der Waals surface area contributed by atoms with Crippen molar-refractivity contribution >= 4 is 22.5 Å². The predicted molar refractivity (Wildman–Crippen MR) is 118 cm³/mol. The first kappa shape index (κ1) is 17.9. The maximum atomic E-state index is 13.6. The van der Waals surface area contributed by atoms with E-state index in [1.54, 1.807) is 0 Å². The molecule has 0 bridgehead atoms. The number of nitrogens with zero attached hydrogens (tertiary/aromatic N) is 2. The van der Waals surface area contributed by atoms with Crippen LogP contribution in [0.4, 0.5) is 0 Å². The van der Waals surface area contributed by atoms with E-state index in [4.69, 9.17) is 4.98 Å². The maximum Gasteiger partial charge on any atom is 0.264 e. The maximum absolute atomic E-state index is 13.6. The molecule has 1 aliphatic carbocycles. The van der Waals surface area contributed by atoms with Crippen molar-refractivity contribution in [1.82, 2.24) is 9.55 Å². The first-order valence-corrected chi connectivity index (χ1v) is 10.1. The zero-order valence-electron chi connectivity index (χ0n) is 17.1. The standard InChI is InChI=1S/C26H24N2O/c1-16(2)18-11-14-22-23(15-18)28-24(29)20-7-5-6-8-21(20)26(4,25(28)27-22)19-12-9-17(3)10-13-19/h5-12,14-15,19H,1,13H2,2-4H3. The van der Waals surface area contributed by atoms with E-state index in [2.05, 4.69) is 44.7 Å². The fourth-order valence-electron chi connectivity index (χ4n) is 4.78. The number of fused-ring (bicyclic) bond motifs is 4. The van der Waals surface area contributed by atoms with Gasteiger partial charge in [-0.15, -0.1) is 0 Å². The van der Waals surface area contributed by atoms with Crippen molar-refractivity contribution in [3.8, 4) is 0 Å². The summed E-state index contributed by atoms with van der Waals surface area (Å²) in [5.74, 6) is 1.07. The molecule has 29 heavy (non-hydrogen) atoms. The lowest BCUT2D eigenvalue weighted by Gasteiger charge is -2.40. The Morgan fingerprint density at radius 1 is 1.24 bits per heavy atom. The van der Waals surface area contributed by atoms with Crippen molar-refractivity contribution in [3.05, 3.63) is 95.4 Å². The van der Waals surface area contributed by atoms with E-state index in [0.29, 0.717) is 0 Å². The molecule has 0 amide bonds. The lowest BCUT2D eigenvalue weighted by atomic mass is 9.65. The highest BCUT2D eigenvalue weighted by atomic mass is 16.2. The summed E-state index contributed by atoms with van der Waals surface area (Å²) < 4.78 is 1.84. The molecule has 0 spiro atoms. The summed E-state index contributed by atoms with van der Waals surface area (Å²) in [5, 5.41) is 0. The van der Waals surface area contributed by atoms with Gasteiger partial charge in [-0.05, 0) is 62.4 Å². The van der Waals surface area contributed by atoms with Gasteiger partial charge < -0.3 is 0 Å². The number of aromatic nitrogens is 2. The number of hydrogen-bond acceptors (Lipinski definition) is 2. The molecular formula is C26H24N2O. The van der Waals surface area contributed by atoms with Crippen molar-refractivity contribution < 1.29 is 4.79 Å². The van der Waals surface area contributed by atoms with Crippen molar-refractivity contribution in [1.29, 1.82) is 0 Å². The molecule has 0 saturated carbocycles. The second kappa shape index (κ2) is 6.15. The fourth-order valence-corrected chi connectivity index (χ4v) is 4.78. The van der Waals surface area contributed by atoms with Crippen molar-refractivity contribution in [2.24, 2.45) is 5.92 Å². The van der Waals surface area contributed by atoms with Crippen molar-refractivity contribution in [3.63, 3.8) is 0 Å². The van der Waals surface area contributed by atoms with Gasteiger partial charge in [0.25, 0.3) is 5.91 Å². The van der Waals surface area contributed by atoms with Gasteiger partial charge in [0, 0.05) is 5.56 Å². The van der Waals surface area contributed by atoms with E-state index in [-0.39, 0.29) is 17.2 Å². The summed E-state index contributed by atoms with van der Waals surface area (Å²) in [5.41, 5.74) is 6.44. The van der Waals surface area contributed by atoms with Crippen molar-refractivity contribution in [2.75, 3.05) is 0 Å². The molecular weight excluding hydrogens is 356 g/mol. The van der Waals surface area contributed by atoms with Gasteiger partial charge in [0.15, 0.2) is 0 Å². The zero-order valence-corrected chi connectivity index (χ0v) is 17.1. The third-order valence-electron chi connectivity index (χ3n) is 6.56. The first-order chi connectivity index (χ1) is 13.9. The fraction of sp³-hybridized carbons (Fsp3) is 0.231. The zero-order chi connectivity index (χ0) is 20.3. The van der Waals surface area contributed by atoms with Crippen LogP contribution in [0.1, 0.15) is 54.5 Å². The number of hydrogen-bond donors (Lipinski definition) is 0. The van der Waals surface area contributed by atoms with Crippen molar-refractivity contribution in [2.45, 2.75) is 32.6 Å². The summed E-state index contributed by atoms with van der Waals surface area (Å²) in [4.78, 5) is 18.6. The van der Waals surface area contributed by atoms with E-state index in [1.807, 2.05) is 47.9 Å². The number of imidazole rings is 1. The second-order valence-electron chi connectivity index (χ2n) is 8.46. The van der Waals surface area contributed by atoms with Gasteiger partial charge in [-0.2, -0.15) is 0 Å². The molecule has 0 radical (unpaired) electrons. The quantitative estimate of drug-likeness (QED) is 0.555. The monoisotopic (exact) mass is 380 g/mol. The lowest BCUT2D eigenvalue weighted by molar-refractivity contribution is 0.0942. The Kier molecular flexibility index (Phi) is 3.79. The Morgan fingerprint density at radius 2 is 2.03 bits per heavy atom. The molecule has 2 heterocycles. The number of carbonyl (C=O) groups excluding carboxylic acids is 1. The van der Waals surface area contributed by atoms with Crippen LogP contribution < -0.4 is 0 Å². The summed E-state index contributed by atoms with van der Waals surface area (Å²) in [6.45, 7) is 10.4. The largest absolute Gasteiger partial charge is 0.268 e. The molecule has 1 aliphatic heterocycles. The Bertz CT molecular complexity index is 1260. The Labute approximate surface area is 171 Å². The van der Waals surface area contributed by atoms with E-state index in [0.717, 1.165) is 45.5 Å². The minimum absolute atomic E-state index is 0.000881. The molecule has 2 aliphatic rings. The van der Waals surface area contributed by atoms with Gasteiger partial charge in [0.2, 0.25) is 0 Å². The minimum atomic E-state index is -0.388. The van der Waals surface area contributed by atoms with Crippen LogP contribution >= 0.6 is 0 Å². The summed E-state index contributed by atoms with van der Waals surface area (Å²) in [7, 11) is 0. The van der Waals surface area contributed by atoms with Crippen LogP contribution in [0.3, 0.4) is 0 Å². The van der Waals surface area contributed by atoms with Gasteiger partial charge in [0.05, 0.1) is 16.4 Å². The molecule has 0 fully saturated rings. The molecule has 3 aromatic rings. The molecule has 2 aromatic carbocycles. The van der Waals surface area contributed by atoms with Crippen LogP contribution in [0.2, 0.25) is 0 Å². The molecule has 0 saturated heterocycles. The second-order valence-corrected chi connectivity index (χ2v) is 8.46. The third kappa shape index (κ3) is 2.43. The highest BCUT2D eigenvalue weighted by Gasteiger charge is 2.47. The Hall–Kier alpha value is -3.20. The molecule has 2 atom stereocenters. The van der Waals surface area contributed by atoms with E-state index in [9.17, 15) is 4.79 Å².